The van der Waals surface area contributed by atoms with E-state index in [1.165, 1.54) is 30.4 Å². The van der Waals surface area contributed by atoms with E-state index in [2.05, 4.69) is 15.1 Å². The van der Waals surface area contributed by atoms with Crippen molar-refractivity contribution < 1.29 is 9.01 Å². The molecule has 0 amide bonds. The van der Waals surface area contributed by atoms with E-state index in [0.717, 1.165) is 5.56 Å². The molecule has 1 aromatic carbocycles. The fraction of sp³-hybridized carbons (Fsp3) is 0.0833. The van der Waals surface area contributed by atoms with Crippen LogP contribution in [0.4, 0.5) is 5.69 Å². The van der Waals surface area contributed by atoms with Gasteiger partial charge >= 0.3 is 5.56 Å². The summed E-state index contributed by atoms with van der Waals surface area (Å²) in [6.07, 6.45) is 3.17. The van der Waals surface area contributed by atoms with E-state index < -0.39 is 4.92 Å². The van der Waals surface area contributed by atoms with Crippen molar-refractivity contribution in [1.82, 2.24) is 15.1 Å². The first-order valence-electron chi connectivity index (χ1n) is 5.98. The molecule has 0 atom stereocenters. The summed E-state index contributed by atoms with van der Waals surface area (Å²) in [4.78, 5) is 28.8. The van der Waals surface area contributed by atoms with Crippen molar-refractivity contribution in [3.05, 3.63) is 62.8 Å². The van der Waals surface area contributed by atoms with E-state index in [4.69, 9.17) is 0 Å². The van der Waals surface area contributed by atoms with Crippen LogP contribution >= 0.6 is 11.9 Å². The van der Waals surface area contributed by atoms with Gasteiger partial charge in [0.1, 0.15) is 5.52 Å². The average molecular weight is 304 g/mol. The third kappa shape index (κ3) is 2.77. The second-order valence-electron chi connectivity index (χ2n) is 4.26. The first-order valence-corrected chi connectivity index (χ1v) is 6.92. The van der Waals surface area contributed by atoms with Gasteiger partial charge in [-0.2, -0.15) is 0 Å². The summed E-state index contributed by atoms with van der Waals surface area (Å²) in [7, 11) is 0. The molecule has 21 heavy (non-hydrogen) atoms. The number of hydrogen-bond donors (Lipinski definition) is 2. The van der Waals surface area contributed by atoms with Crippen molar-refractivity contribution in [2.75, 3.05) is 0 Å². The van der Waals surface area contributed by atoms with Gasteiger partial charge in [-0.25, -0.2) is 4.98 Å². The van der Waals surface area contributed by atoms with Crippen LogP contribution in [0.1, 0.15) is 5.56 Å². The Bertz CT molecular complexity index is 872. The zero-order valence-corrected chi connectivity index (χ0v) is 11.5. The second kappa shape index (κ2) is 5.37. The Morgan fingerprint density at radius 3 is 3.10 bits per heavy atom. The highest BCUT2D eigenvalue weighted by Gasteiger charge is 2.13. The van der Waals surface area contributed by atoms with Crippen LogP contribution in [0.5, 0.6) is 0 Å². The SMILES string of the molecule is O=c1[nH][n+](SCc2cccc([N+](=O)[O-])c2)cc2[nH]cnc12. The van der Waals surface area contributed by atoms with Crippen LogP contribution in [0, 0.1) is 10.1 Å². The number of benzene rings is 1. The third-order valence-corrected chi connectivity index (χ3v) is 3.77. The van der Waals surface area contributed by atoms with E-state index in [9.17, 15) is 14.9 Å². The van der Waals surface area contributed by atoms with Crippen LogP contribution in [0.15, 0.2) is 41.6 Å². The molecule has 9 heteroatoms. The summed E-state index contributed by atoms with van der Waals surface area (Å²) in [6, 6.07) is 6.40. The van der Waals surface area contributed by atoms with Crippen molar-refractivity contribution in [2.45, 2.75) is 5.75 Å². The highest BCUT2D eigenvalue weighted by atomic mass is 32.2. The van der Waals surface area contributed by atoms with Crippen molar-refractivity contribution in [3.63, 3.8) is 0 Å². The minimum atomic E-state index is -0.431. The molecule has 0 bridgehead atoms. The van der Waals surface area contributed by atoms with Gasteiger partial charge in [0.15, 0.2) is 17.5 Å². The molecule has 0 radical (unpaired) electrons. The quantitative estimate of drug-likeness (QED) is 0.427. The molecule has 0 spiro atoms. The number of nitro benzene ring substituents is 1. The molecule has 2 heterocycles. The molecule has 0 saturated heterocycles. The zero-order chi connectivity index (χ0) is 14.8. The Morgan fingerprint density at radius 1 is 1.43 bits per heavy atom. The summed E-state index contributed by atoms with van der Waals surface area (Å²) in [5, 5.41) is 13.4. The lowest BCUT2D eigenvalue weighted by molar-refractivity contribution is -0.565. The second-order valence-corrected chi connectivity index (χ2v) is 5.20. The molecule has 0 saturated carbocycles. The Balaban J connectivity index is 1.81. The third-order valence-electron chi connectivity index (χ3n) is 2.83. The van der Waals surface area contributed by atoms with Crippen molar-refractivity contribution in [3.8, 4) is 0 Å². The van der Waals surface area contributed by atoms with Gasteiger partial charge in [0.2, 0.25) is 6.20 Å². The summed E-state index contributed by atoms with van der Waals surface area (Å²) >= 11 is 1.32. The minimum absolute atomic E-state index is 0.0515. The lowest BCUT2D eigenvalue weighted by atomic mass is 10.2. The predicted molar refractivity (Wildman–Crippen MR) is 76.7 cm³/mol. The Kier molecular flexibility index (Phi) is 3.40. The molecule has 0 aliphatic rings. The maximum atomic E-state index is 11.8. The number of fused-ring (bicyclic) bond motifs is 1. The summed E-state index contributed by atoms with van der Waals surface area (Å²) < 4.78 is 1.56. The van der Waals surface area contributed by atoms with Crippen molar-refractivity contribution in [2.24, 2.45) is 0 Å². The molecule has 3 aromatic rings. The van der Waals surface area contributed by atoms with Crippen LogP contribution < -0.4 is 9.65 Å². The molecule has 0 unspecified atom stereocenters. The van der Waals surface area contributed by atoms with Crippen LogP contribution in [0.25, 0.3) is 11.0 Å². The standard InChI is InChI=1S/C12H9N5O3S/c18-12-11-10(13-7-14-11)5-16(15-12)21-6-8-2-1-3-9(4-8)17(19)20/h1-5,7H,6H2,(H,15,18)/p+1. The fourth-order valence-electron chi connectivity index (χ4n) is 1.86. The molecule has 2 aromatic heterocycles. The average Bonchev–Trinajstić information content (AvgIpc) is 2.94. The lowest BCUT2D eigenvalue weighted by Gasteiger charge is -1.97. The Hall–Kier alpha value is -2.68. The number of hydrogen-bond acceptors (Lipinski definition) is 5. The predicted octanol–water partition coefficient (Wildman–Crippen LogP) is 1.14. The monoisotopic (exact) mass is 304 g/mol. The maximum Gasteiger partial charge on any atom is 0.327 e. The smallest absolute Gasteiger partial charge is 0.327 e. The number of aromatic amines is 2. The molecule has 0 aliphatic carbocycles. The fourth-order valence-corrected chi connectivity index (χ4v) is 2.65. The van der Waals surface area contributed by atoms with E-state index in [-0.39, 0.29) is 11.2 Å². The van der Waals surface area contributed by atoms with Crippen LogP contribution in [-0.4, -0.2) is 20.0 Å². The molecular formula is C12H10N5O3S+. The number of rotatable bonds is 4. The highest BCUT2D eigenvalue weighted by molar-refractivity contribution is 7.92. The normalized spacial score (nSPS) is 10.9. The summed E-state index contributed by atoms with van der Waals surface area (Å²) in [5.41, 5.74) is 1.54. The zero-order valence-electron chi connectivity index (χ0n) is 10.6. The van der Waals surface area contributed by atoms with Gasteiger partial charge in [-0.3, -0.25) is 14.9 Å². The number of H-pyrrole nitrogens is 2. The largest absolute Gasteiger partial charge is 0.339 e. The van der Waals surface area contributed by atoms with Gasteiger partial charge in [0.05, 0.1) is 17.0 Å². The first-order chi connectivity index (χ1) is 10.1. The molecule has 3 rings (SSSR count). The van der Waals surface area contributed by atoms with E-state index in [0.29, 0.717) is 16.8 Å². The van der Waals surface area contributed by atoms with Crippen molar-refractivity contribution >= 4 is 28.7 Å². The van der Waals surface area contributed by atoms with E-state index >= 15 is 0 Å². The van der Waals surface area contributed by atoms with Gasteiger partial charge in [-0.15, -0.1) is 5.10 Å². The highest BCUT2D eigenvalue weighted by Crippen LogP contribution is 2.16. The van der Waals surface area contributed by atoms with Crippen LogP contribution in [-0.2, 0) is 5.75 Å². The molecule has 8 nitrogen and oxygen atoms in total. The topological polar surface area (TPSA) is 109 Å². The van der Waals surface area contributed by atoms with Crippen LogP contribution in [0.2, 0.25) is 0 Å². The van der Waals surface area contributed by atoms with E-state index in [1.807, 2.05) is 0 Å². The summed E-state index contributed by atoms with van der Waals surface area (Å²) in [5.74, 6) is 0.488. The molecule has 0 aliphatic heterocycles. The Morgan fingerprint density at radius 2 is 2.29 bits per heavy atom. The maximum absolute atomic E-state index is 11.8. The number of non-ortho nitro benzene ring substituents is 1. The number of nitrogens with one attached hydrogen (secondary N) is 2. The first kappa shape index (κ1) is 13.3. The summed E-state index contributed by atoms with van der Waals surface area (Å²) in [6.45, 7) is 0. The minimum Gasteiger partial charge on any atom is -0.339 e. The van der Waals surface area contributed by atoms with Crippen molar-refractivity contribution in [1.29, 1.82) is 0 Å². The van der Waals surface area contributed by atoms with Gasteiger partial charge in [0.25, 0.3) is 5.69 Å². The van der Waals surface area contributed by atoms with Gasteiger partial charge in [-0.1, -0.05) is 12.1 Å². The number of nitro groups is 1. The van der Waals surface area contributed by atoms with Crippen LogP contribution in [0.3, 0.4) is 0 Å². The molecular weight excluding hydrogens is 294 g/mol. The lowest BCUT2D eigenvalue weighted by Crippen LogP contribution is -2.36. The molecule has 106 valence electrons. The van der Waals surface area contributed by atoms with Gasteiger partial charge in [-0.05, 0) is 9.65 Å². The number of aromatic nitrogens is 4. The molecule has 2 N–H and O–H groups in total. The van der Waals surface area contributed by atoms with Gasteiger partial charge < -0.3 is 4.98 Å². The number of imidazole rings is 1. The van der Waals surface area contributed by atoms with Gasteiger partial charge in [0, 0.05) is 12.1 Å². The number of nitrogens with zero attached hydrogens (tertiary/aromatic N) is 3. The van der Waals surface area contributed by atoms with E-state index in [1.54, 1.807) is 22.4 Å². The Labute approximate surface area is 122 Å². The molecule has 0 fully saturated rings.